The number of nitrogens with zero attached hydrogens (tertiary/aromatic N) is 5. The van der Waals surface area contributed by atoms with Gasteiger partial charge in [0, 0.05) is 37.6 Å². The minimum atomic E-state index is 0. The van der Waals surface area contributed by atoms with Crippen molar-refractivity contribution in [1.29, 1.82) is 0 Å². The molecule has 174 valence electrons. The van der Waals surface area contributed by atoms with Crippen molar-refractivity contribution in [2.24, 2.45) is 23.7 Å². The molecular formula is C24H39Cl2N5. The van der Waals surface area contributed by atoms with E-state index >= 15 is 0 Å². The minimum Gasteiger partial charge on any atom is -0.338 e. The molecule has 0 N–H and O–H groups in total. The van der Waals surface area contributed by atoms with Crippen molar-refractivity contribution in [2.75, 3.05) is 31.1 Å². The minimum absolute atomic E-state index is 0. The van der Waals surface area contributed by atoms with Gasteiger partial charge < -0.3 is 4.90 Å². The zero-order valence-electron chi connectivity index (χ0n) is 18.8. The summed E-state index contributed by atoms with van der Waals surface area (Å²) in [5.74, 6) is 6.44. The smallest absolute Gasteiger partial charge is 0.227 e. The SMILES string of the molecule is C1CCN2CCN(c3nnc(C45CC6CC(CC(C6)C4)C5)n3CC3CC3)CC2C1.Cl.Cl. The Balaban J connectivity index is 0.00000102. The molecule has 7 heteroatoms. The number of rotatable bonds is 4. The lowest BCUT2D eigenvalue weighted by Crippen LogP contribution is -2.55. The maximum absolute atomic E-state index is 5.02. The fourth-order valence-electron chi connectivity index (χ4n) is 8.37. The van der Waals surface area contributed by atoms with Crippen LogP contribution in [0, 0.1) is 23.7 Å². The van der Waals surface area contributed by atoms with Crippen molar-refractivity contribution >= 4 is 30.8 Å². The highest BCUT2D eigenvalue weighted by molar-refractivity contribution is 5.85. The largest absolute Gasteiger partial charge is 0.338 e. The summed E-state index contributed by atoms with van der Waals surface area (Å²) < 4.78 is 2.66. The summed E-state index contributed by atoms with van der Waals surface area (Å²) in [6.07, 6.45) is 15.7. The zero-order valence-corrected chi connectivity index (χ0v) is 20.4. The molecule has 1 unspecified atom stereocenters. The van der Waals surface area contributed by atoms with E-state index in [4.69, 9.17) is 10.2 Å². The second-order valence-electron chi connectivity index (χ2n) is 11.7. The third-order valence-electron chi connectivity index (χ3n) is 9.50. The van der Waals surface area contributed by atoms with E-state index in [0.29, 0.717) is 5.41 Å². The number of aromatic nitrogens is 3. The van der Waals surface area contributed by atoms with Gasteiger partial charge in [-0.3, -0.25) is 9.47 Å². The van der Waals surface area contributed by atoms with E-state index in [1.165, 1.54) is 109 Å². The maximum atomic E-state index is 5.02. The van der Waals surface area contributed by atoms with E-state index in [1.54, 1.807) is 0 Å². The Labute approximate surface area is 199 Å². The molecule has 0 amide bonds. The molecule has 7 aliphatic rings. The van der Waals surface area contributed by atoms with Crippen LogP contribution in [0.15, 0.2) is 0 Å². The topological polar surface area (TPSA) is 37.2 Å². The average Bonchev–Trinajstić information content (AvgIpc) is 3.43. The first-order valence-corrected chi connectivity index (χ1v) is 12.7. The highest BCUT2D eigenvalue weighted by Gasteiger charge is 2.54. The van der Waals surface area contributed by atoms with E-state index in [-0.39, 0.29) is 24.8 Å². The third kappa shape index (κ3) is 3.81. The van der Waals surface area contributed by atoms with E-state index < -0.39 is 0 Å². The maximum Gasteiger partial charge on any atom is 0.227 e. The summed E-state index contributed by atoms with van der Waals surface area (Å²) in [6, 6.07) is 0.742. The normalized spacial score (nSPS) is 39.0. The molecule has 7 fully saturated rings. The van der Waals surface area contributed by atoms with Crippen molar-refractivity contribution in [1.82, 2.24) is 19.7 Å². The Morgan fingerprint density at radius 2 is 1.52 bits per heavy atom. The van der Waals surface area contributed by atoms with Gasteiger partial charge in [0.25, 0.3) is 0 Å². The van der Waals surface area contributed by atoms with Gasteiger partial charge in [0.05, 0.1) is 0 Å². The van der Waals surface area contributed by atoms with Crippen LogP contribution in [0.3, 0.4) is 0 Å². The van der Waals surface area contributed by atoms with Crippen molar-refractivity contribution in [3.63, 3.8) is 0 Å². The predicted molar refractivity (Wildman–Crippen MR) is 129 cm³/mol. The van der Waals surface area contributed by atoms with Gasteiger partial charge in [-0.05, 0) is 94.4 Å². The Kier molecular flexibility index (Phi) is 6.01. The van der Waals surface area contributed by atoms with Crippen LogP contribution >= 0.6 is 24.8 Å². The number of hydrogen-bond donors (Lipinski definition) is 0. The molecule has 0 spiro atoms. The molecule has 2 saturated heterocycles. The number of halogens is 2. The standard InChI is InChI=1S/C24H37N5.2ClH/c1-2-6-27-7-8-28(16-21(27)3-1)23-26-25-22(29(23)15-17-4-5-17)24-12-18-9-19(13-24)11-20(10-18)14-24;;/h17-21H,1-16H2;2*1H. The van der Waals surface area contributed by atoms with Crippen LogP contribution in [0.5, 0.6) is 0 Å². The summed E-state index contributed by atoms with van der Waals surface area (Å²) in [5, 5.41) is 9.96. The number of anilines is 1. The summed E-state index contributed by atoms with van der Waals surface area (Å²) in [4.78, 5) is 5.35. The molecule has 1 aromatic heterocycles. The van der Waals surface area contributed by atoms with Gasteiger partial charge in [-0.1, -0.05) is 6.42 Å². The van der Waals surface area contributed by atoms with E-state index in [9.17, 15) is 0 Å². The monoisotopic (exact) mass is 467 g/mol. The second-order valence-corrected chi connectivity index (χ2v) is 11.7. The van der Waals surface area contributed by atoms with E-state index in [1.807, 2.05) is 0 Å². The van der Waals surface area contributed by atoms with Crippen LogP contribution in [0.25, 0.3) is 0 Å². The number of hydrogen-bond acceptors (Lipinski definition) is 4. The van der Waals surface area contributed by atoms with Gasteiger partial charge in [-0.2, -0.15) is 0 Å². The molecule has 5 nitrogen and oxygen atoms in total. The Morgan fingerprint density at radius 1 is 0.806 bits per heavy atom. The molecule has 0 radical (unpaired) electrons. The predicted octanol–water partition coefficient (Wildman–Crippen LogP) is 4.67. The molecule has 2 aliphatic heterocycles. The van der Waals surface area contributed by atoms with Gasteiger partial charge >= 0.3 is 0 Å². The van der Waals surface area contributed by atoms with Crippen LogP contribution in [0.4, 0.5) is 5.95 Å². The van der Waals surface area contributed by atoms with Crippen LogP contribution in [0.1, 0.15) is 76.5 Å². The summed E-state index contributed by atoms with van der Waals surface area (Å²) in [7, 11) is 0. The molecule has 0 aromatic carbocycles. The molecule has 5 saturated carbocycles. The molecule has 4 bridgehead atoms. The van der Waals surface area contributed by atoms with Gasteiger partial charge in [-0.25, -0.2) is 0 Å². The lowest BCUT2D eigenvalue weighted by Gasteiger charge is -2.56. The molecule has 1 atom stereocenters. The fourth-order valence-corrected chi connectivity index (χ4v) is 8.37. The fraction of sp³-hybridized carbons (Fsp3) is 0.917. The van der Waals surface area contributed by atoms with Crippen LogP contribution in [-0.2, 0) is 12.0 Å². The second kappa shape index (κ2) is 8.36. The van der Waals surface area contributed by atoms with E-state index in [0.717, 1.165) is 36.3 Å². The van der Waals surface area contributed by atoms with Crippen LogP contribution < -0.4 is 4.90 Å². The Bertz CT molecular complexity index is 756. The Hall–Kier alpha value is -0.520. The first-order valence-electron chi connectivity index (χ1n) is 12.7. The molecule has 3 heterocycles. The van der Waals surface area contributed by atoms with E-state index in [2.05, 4.69) is 14.4 Å². The number of piperazine rings is 1. The number of piperidine rings is 1. The first kappa shape index (κ1) is 22.3. The van der Waals surface area contributed by atoms with Crippen LogP contribution in [-0.4, -0.2) is 51.9 Å². The lowest BCUT2D eigenvalue weighted by molar-refractivity contribution is -0.0112. The van der Waals surface area contributed by atoms with Crippen molar-refractivity contribution in [2.45, 2.75) is 88.6 Å². The quantitative estimate of drug-likeness (QED) is 0.644. The first-order chi connectivity index (χ1) is 14.3. The lowest BCUT2D eigenvalue weighted by atomic mass is 9.49. The highest BCUT2D eigenvalue weighted by Crippen LogP contribution is 2.60. The summed E-state index contributed by atoms with van der Waals surface area (Å²) >= 11 is 0. The van der Waals surface area contributed by atoms with Gasteiger partial charge in [0.1, 0.15) is 5.82 Å². The Morgan fingerprint density at radius 3 is 2.19 bits per heavy atom. The van der Waals surface area contributed by atoms with Crippen LogP contribution in [0.2, 0.25) is 0 Å². The summed E-state index contributed by atoms with van der Waals surface area (Å²) in [5.41, 5.74) is 0.363. The average molecular weight is 469 g/mol. The zero-order chi connectivity index (χ0) is 19.0. The molecule has 31 heavy (non-hydrogen) atoms. The van der Waals surface area contributed by atoms with Gasteiger partial charge in [0.2, 0.25) is 5.95 Å². The van der Waals surface area contributed by atoms with Crippen molar-refractivity contribution < 1.29 is 0 Å². The van der Waals surface area contributed by atoms with Crippen molar-refractivity contribution in [3.05, 3.63) is 5.82 Å². The molecule has 8 rings (SSSR count). The number of fused-ring (bicyclic) bond motifs is 1. The molecule has 5 aliphatic carbocycles. The summed E-state index contributed by atoms with van der Waals surface area (Å²) in [6.45, 7) is 6.02. The third-order valence-corrected chi connectivity index (χ3v) is 9.50. The van der Waals surface area contributed by atoms with Crippen molar-refractivity contribution in [3.8, 4) is 0 Å². The van der Waals surface area contributed by atoms with Gasteiger partial charge in [-0.15, -0.1) is 35.0 Å². The molecular weight excluding hydrogens is 429 g/mol. The highest BCUT2D eigenvalue weighted by atomic mass is 35.5. The molecule has 1 aromatic rings. The van der Waals surface area contributed by atoms with Gasteiger partial charge in [0.15, 0.2) is 0 Å².